The Balaban J connectivity index is 2.50. The highest BCUT2D eigenvalue weighted by Gasteiger charge is 2.02. The minimum absolute atomic E-state index is 0.384. The van der Waals surface area contributed by atoms with E-state index in [4.69, 9.17) is 28.2 Å². The van der Waals surface area contributed by atoms with Crippen molar-refractivity contribution in [1.82, 2.24) is 4.98 Å². The Morgan fingerprint density at radius 1 is 1.50 bits per heavy atom. The highest BCUT2D eigenvalue weighted by Crippen LogP contribution is 2.29. The third-order valence-electron chi connectivity index (χ3n) is 1.36. The molecule has 0 unspecified atom stereocenters. The van der Waals surface area contributed by atoms with Gasteiger partial charge in [0.2, 0.25) is 0 Å². The molecule has 0 spiro atoms. The molecular formula is C7H4ClNOS2. The summed E-state index contributed by atoms with van der Waals surface area (Å²) in [5.74, 6) is 0. The fourth-order valence-corrected chi connectivity index (χ4v) is 2.02. The average Bonchev–Trinajstić information content (AvgIpc) is 2.58. The smallest absolute Gasteiger partial charge is 0.266 e. The lowest BCUT2D eigenvalue weighted by Gasteiger charge is -1.84. The molecule has 2 nitrogen and oxygen atoms in total. The molecule has 0 radical (unpaired) electrons. The van der Waals surface area contributed by atoms with Crippen LogP contribution < -0.4 is 0 Å². The second-order valence-electron chi connectivity index (χ2n) is 2.17. The van der Waals surface area contributed by atoms with Gasteiger partial charge in [0.25, 0.3) is 4.84 Å². The summed E-state index contributed by atoms with van der Waals surface area (Å²) in [5, 5.41) is 0. The van der Waals surface area contributed by atoms with Crippen molar-refractivity contribution in [3.8, 4) is 10.6 Å². The van der Waals surface area contributed by atoms with Crippen LogP contribution in [0.25, 0.3) is 10.6 Å². The molecule has 2 heterocycles. The van der Waals surface area contributed by atoms with Crippen LogP contribution in [0.3, 0.4) is 0 Å². The molecule has 0 fully saturated rings. The van der Waals surface area contributed by atoms with Gasteiger partial charge in [-0.1, -0.05) is 11.6 Å². The first-order valence-corrected chi connectivity index (χ1v) is 4.79. The molecule has 12 heavy (non-hydrogen) atoms. The van der Waals surface area contributed by atoms with Gasteiger partial charge in [0.05, 0.1) is 14.9 Å². The molecule has 0 aliphatic carbocycles. The minimum atomic E-state index is 0.384. The van der Waals surface area contributed by atoms with E-state index in [1.165, 1.54) is 11.3 Å². The Kier molecular flexibility index (Phi) is 2.04. The van der Waals surface area contributed by atoms with Crippen molar-refractivity contribution in [2.75, 3.05) is 0 Å². The predicted octanol–water partition coefficient (Wildman–Crippen LogP) is 3.72. The van der Waals surface area contributed by atoms with Crippen LogP contribution in [0.4, 0.5) is 0 Å². The first kappa shape index (κ1) is 8.04. The van der Waals surface area contributed by atoms with E-state index in [0.717, 1.165) is 14.9 Å². The molecule has 0 aromatic carbocycles. The van der Waals surface area contributed by atoms with Crippen molar-refractivity contribution in [2.24, 2.45) is 0 Å². The number of H-pyrrole nitrogens is 1. The molecule has 0 aliphatic rings. The fourth-order valence-electron chi connectivity index (χ4n) is 0.860. The highest BCUT2D eigenvalue weighted by molar-refractivity contribution is 7.71. The van der Waals surface area contributed by atoms with Gasteiger partial charge in [-0.25, -0.2) is 0 Å². The molecule has 0 aliphatic heterocycles. The number of thiophene rings is 1. The van der Waals surface area contributed by atoms with Gasteiger partial charge in [-0.2, -0.15) is 0 Å². The lowest BCUT2D eigenvalue weighted by molar-refractivity contribution is 0.541. The molecule has 0 bridgehead atoms. The van der Waals surface area contributed by atoms with E-state index < -0.39 is 0 Å². The third-order valence-corrected chi connectivity index (χ3v) is 2.82. The number of oxazole rings is 1. The molecule has 0 amide bonds. The number of hydrogen-bond donors (Lipinski definition) is 1. The molecule has 5 heteroatoms. The second kappa shape index (κ2) is 3.05. The quantitative estimate of drug-likeness (QED) is 0.738. The Morgan fingerprint density at radius 3 is 2.83 bits per heavy atom. The Bertz CT molecular complexity index is 442. The van der Waals surface area contributed by atoms with Crippen molar-refractivity contribution >= 4 is 35.2 Å². The van der Waals surface area contributed by atoms with E-state index in [1.807, 2.05) is 12.1 Å². The van der Waals surface area contributed by atoms with Gasteiger partial charge >= 0.3 is 0 Å². The maximum atomic E-state index is 5.77. The van der Waals surface area contributed by atoms with E-state index in [2.05, 4.69) is 4.98 Å². The number of nitrogens with one attached hydrogen (secondary N) is 1. The largest absolute Gasteiger partial charge is 0.437 e. The predicted molar refractivity (Wildman–Crippen MR) is 52.2 cm³/mol. The summed E-state index contributed by atoms with van der Waals surface area (Å²) in [5.41, 5.74) is 0.872. The van der Waals surface area contributed by atoms with Crippen LogP contribution in [-0.4, -0.2) is 4.98 Å². The average molecular weight is 218 g/mol. The Morgan fingerprint density at radius 2 is 2.33 bits per heavy atom. The second-order valence-corrected chi connectivity index (χ2v) is 4.25. The van der Waals surface area contributed by atoms with Crippen molar-refractivity contribution in [3.63, 3.8) is 0 Å². The van der Waals surface area contributed by atoms with E-state index in [9.17, 15) is 0 Å². The third kappa shape index (κ3) is 1.46. The van der Waals surface area contributed by atoms with Gasteiger partial charge in [0.15, 0.2) is 0 Å². The van der Waals surface area contributed by atoms with E-state index in [1.54, 1.807) is 6.26 Å². The summed E-state index contributed by atoms with van der Waals surface area (Å²) in [6, 6.07) is 3.76. The van der Waals surface area contributed by atoms with Crippen molar-refractivity contribution in [2.45, 2.75) is 0 Å². The molecule has 0 saturated carbocycles. The molecule has 1 N–H and O–H groups in total. The van der Waals surface area contributed by atoms with Crippen LogP contribution in [0.15, 0.2) is 22.8 Å². The van der Waals surface area contributed by atoms with Crippen molar-refractivity contribution in [1.29, 1.82) is 0 Å². The fraction of sp³-hybridized carbons (Fsp3) is 0. The van der Waals surface area contributed by atoms with E-state index >= 15 is 0 Å². The van der Waals surface area contributed by atoms with E-state index in [-0.39, 0.29) is 0 Å². The molecule has 2 aromatic rings. The monoisotopic (exact) mass is 217 g/mol. The molecule has 62 valence electrons. The van der Waals surface area contributed by atoms with Gasteiger partial charge in [0, 0.05) is 0 Å². The maximum Gasteiger partial charge on any atom is 0.266 e. The van der Waals surface area contributed by atoms with Crippen molar-refractivity contribution in [3.05, 3.63) is 27.6 Å². The van der Waals surface area contributed by atoms with Gasteiger partial charge in [-0.3, -0.25) is 0 Å². The van der Waals surface area contributed by atoms with Gasteiger partial charge in [-0.05, 0) is 24.4 Å². The maximum absolute atomic E-state index is 5.77. The summed E-state index contributed by atoms with van der Waals surface area (Å²) in [6.45, 7) is 0. The molecule has 0 saturated heterocycles. The van der Waals surface area contributed by atoms with Crippen LogP contribution in [0.1, 0.15) is 0 Å². The summed E-state index contributed by atoms with van der Waals surface area (Å²) in [7, 11) is 0. The molecular weight excluding hydrogens is 214 g/mol. The summed E-state index contributed by atoms with van der Waals surface area (Å²) in [4.78, 5) is 4.32. The molecule has 0 atom stereocenters. The zero-order chi connectivity index (χ0) is 8.55. The summed E-state index contributed by atoms with van der Waals surface area (Å²) in [6.07, 6.45) is 1.59. The number of aromatic nitrogens is 1. The van der Waals surface area contributed by atoms with Crippen LogP contribution in [-0.2, 0) is 0 Å². The zero-order valence-corrected chi connectivity index (χ0v) is 8.22. The first-order valence-electron chi connectivity index (χ1n) is 3.19. The van der Waals surface area contributed by atoms with Crippen LogP contribution in [0.5, 0.6) is 0 Å². The van der Waals surface area contributed by atoms with Gasteiger partial charge in [0.1, 0.15) is 6.26 Å². The van der Waals surface area contributed by atoms with Crippen LogP contribution in [0.2, 0.25) is 4.34 Å². The minimum Gasteiger partial charge on any atom is -0.437 e. The van der Waals surface area contributed by atoms with Crippen molar-refractivity contribution < 1.29 is 4.42 Å². The Labute approximate surface area is 82.8 Å². The SMILES string of the molecule is S=c1[nH]c(-c2ccc(Cl)s2)co1. The first-order chi connectivity index (χ1) is 5.75. The number of hydrogen-bond acceptors (Lipinski definition) is 3. The Hall–Kier alpha value is -0.580. The topological polar surface area (TPSA) is 28.9 Å². The molecule has 2 rings (SSSR count). The molecule has 2 aromatic heterocycles. The van der Waals surface area contributed by atoms with E-state index in [0.29, 0.717) is 4.84 Å². The zero-order valence-electron chi connectivity index (χ0n) is 5.83. The highest BCUT2D eigenvalue weighted by atomic mass is 35.5. The van der Waals surface area contributed by atoms with Crippen LogP contribution >= 0.6 is 35.2 Å². The number of rotatable bonds is 1. The van der Waals surface area contributed by atoms with Gasteiger partial charge in [-0.15, -0.1) is 11.3 Å². The summed E-state index contributed by atoms with van der Waals surface area (Å²) < 4.78 is 5.71. The lowest BCUT2D eigenvalue weighted by Crippen LogP contribution is -1.67. The summed E-state index contributed by atoms with van der Waals surface area (Å²) >= 11 is 12.0. The number of halogens is 1. The van der Waals surface area contributed by atoms with Gasteiger partial charge < -0.3 is 9.40 Å². The van der Waals surface area contributed by atoms with Crippen LogP contribution in [0, 0.1) is 4.84 Å². The number of aromatic amines is 1. The normalized spacial score (nSPS) is 10.4. The lowest BCUT2D eigenvalue weighted by atomic mass is 10.4. The standard InChI is InChI=1S/C7H4ClNOS2/c8-6-2-1-5(12-6)4-3-10-7(11)9-4/h1-3H,(H,9,11).